The van der Waals surface area contributed by atoms with Crippen LogP contribution in [0.5, 0.6) is 5.75 Å². The molecule has 82 valence electrons. The van der Waals surface area contributed by atoms with Crippen LogP contribution in [0.25, 0.3) is 0 Å². The van der Waals surface area contributed by atoms with Crippen LogP contribution in [0.3, 0.4) is 0 Å². The summed E-state index contributed by atoms with van der Waals surface area (Å²) in [5.41, 5.74) is 1.92. The summed E-state index contributed by atoms with van der Waals surface area (Å²) in [6.07, 6.45) is 0. The Bertz CT molecular complexity index is 485. The van der Waals surface area contributed by atoms with Crippen LogP contribution in [0.4, 0.5) is 5.69 Å². The molecule has 0 spiro atoms. The maximum absolute atomic E-state index is 9.57. The Morgan fingerprint density at radius 3 is 2.62 bits per heavy atom. The number of aromatic hydroxyl groups is 1. The highest BCUT2D eigenvalue weighted by molar-refractivity contribution is 9.10. The molecule has 0 saturated heterocycles. The molecule has 0 amide bonds. The van der Waals surface area contributed by atoms with Crippen LogP contribution < -0.4 is 5.32 Å². The highest BCUT2D eigenvalue weighted by Gasteiger charge is 1.99. The first kappa shape index (κ1) is 11.0. The molecule has 0 aromatic heterocycles. The lowest BCUT2D eigenvalue weighted by Gasteiger charge is -2.08. The third-order valence-corrected chi connectivity index (χ3v) is 2.77. The van der Waals surface area contributed by atoms with Crippen molar-refractivity contribution in [1.29, 1.82) is 0 Å². The van der Waals surface area contributed by atoms with E-state index in [0.717, 1.165) is 15.7 Å². The second-order valence-corrected chi connectivity index (χ2v) is 4.42. The smallest absolute Gasteiger partial charge is 0.138 e. The zero-order valence-electron chi connectivity index (χ0n) is 8.65. The standard InChI is InChI=1S/C13H12BrNO/c14-11-5-3-4-10(8-11)9-15-12-6-1-2-7-13(12)16/h1-8,15-16H,9H2. The first-order valence-corrected chi connectivity index (χ1v) is 5.81. The molecule has 2 rings (SSSR count). The highest BCUT2D eigenvalue weighted by Crippen LogP contribution is 2.22. The molecule has 16 heavy (non-hydrogen) atoms. The third-order valence-electron chi connectivity index (χ3n) is 2.28. The van der Waals surface area contributed by atoms with Crippen molar-refractivity contribution in [3.63, 3.8) is 0 Å². The van der Waals surface area contributed by atoms with Gasteiger partial charge in [0.05, 0.1) is 5.69 Å². The molecular formula is C13H12BrNO. The van der Waals surface area contributed by atoms with Crippen molar-refractivity contribution in [2.24, 2.45) is 0 Å². The van der Waals surface area contributed by atoms with E-state index in [1.807, 2.05) is 36.4 Å². The summed E-state index contributed by atoms with van der Waals surface area (Å²) < 4.78 is 1.06. The van der Waals surface area contributed by atoms with Gasteiger partial charge in [-0.25, -0.2) is 0 Å². The van der Waals surface area contributed by atoms with Crippen LogP contribution in [0.1, 0.15) is 5.56 Å². The molecule has 0 radical (unpaired) electrons. The van der Waals surface area contributed by atoms with E-state index in [1.54, 1.807) is 12.1 Å². The largest absolute Gasteiger partial charge is 0.506 e. The van der Waals surface area contributed by atoms with Crippen LogP contribution >= 0.6 is 15.9 Å². The SMILES string of the molecule is Oc1ccccc1NCc1cccc(Br)c1. The lowest BCUT2D eigenvalue weighted by atomic mass is 10.2. The number of phenols is 1. The maximum Gasteiger partial charge on any atom is 0.138 e. The summed E-state index contributed by atoms with van der Waals surface area (Å²) in [7, 11) is 0. The summed E-state index contributed by atoms with van der Waals surface area (Å²) in [5.74, 6) is 0.275. The number of nitrogens with one attached hydrogen (secondary N) is 1. The second-order valence-electron chi connectivity index (χ2n) is 3.50. The van der Waals surface area contributed by atoms with Crippen LogP contribution in [0, 0.1) is 0 Å². The van der Waals surface area contributed by atoms with Gasteiger partial charge >= 0.3 is 0 Å². The average Bonchev–Trinajstić information content (AvgIpc) is 2.28. The number of phenolic OH excluding ortho intramolecular Hbond substituents is 1. The first-order valence-electron chi connectivity index (χ1n) is 5.02. The average molecular weight is 278 g/mol. The summed E-state index contributed by atoms with van der Waals surface area (Å²) in [5, 5.41) is 12.8. The van der Waals surface area contributed by atoms with Gasteiger partial charge in [0.15, 0.2) is 0 Å². The van der Waals surface area contributed by atoms with Crippen LogP contribution in [-0.4, -0.2) is 5.11 Å². The normalized spacial score (nSPS) is 10.1. The van der Waals surface area contributed by atoms with Crippen LogP contribution in [0.15, 0.2) is 53.0 Å². The van der Waals surface area contributed by atoms with E-state index < -0.39 is 0 Å². The fourth-order valence-electron chi connectivity index (χ4n) is 1.47. The quantitative estimate of drug-likeness (QED) is 0.838. The topological polar surface area (TPSA) is 32.3 Å². The summed E-state index contributed by atoms with van der Waals surface area (Å²) >= 11 is 3.43. The Hall–Kier alpha value is -1.48. The van der Waals surface area contributed by atoms with E-state index in [4.69, 9.17) is 0 Å². The number of rotatable bonds is 3. The number of benzene rings is 2. The summed E-state index contributed by atoms with van der Waals surface area (Å²) in [6, 6.07) is 15.3. The predicted octanol–water partition coefficient (Wildman–Crippen LogP) is 3.77. The minimum atomic E-state index is 0.275. The van der Waals surface area contributed by atoms with Gasteiger partial charge in [0.1, 0.15) is 5.75 Å². The van der Waals surface area contributed by atoms with E-state index >= 15 is 0 Å². The number of halogens is 1. The summed E-state index contributed by atoms with van der Waals surface area (Å²) in [4.78, 5) is 0. The first-order chi connectivity index (χ1) is 7.75. The fraction of sp³-hybridized carbons (Fsp3) is 0.0769. The van der Waals surface area contributed by atoms with Gasteiger partial charge in [-0.2, -0.15) is 0 Å². The summed E-state index contributed by atoms with van der Waals surface area (Å²) in [6.45, 7) is 0.691. The van der Waals surface area contributed by atoms with Gasteiger partial charge in [-0.3, -0.25) is 0 Å². The van der Waals surface area contributed by atoms with Gasteiger partial charge < -0.3 is 10.4 Å². The van der Waals surface area contributed by atoms with Gasteiger partial charge in [0.2, 0.25) is 0 Å². The number of anilines is 1. The van der Waals surface area contributed by atoms with Gasteiger partial charge in [-0.1, -0.05) is 40.2 Å². The Kier molecular flexibility index (Phi) is 3.47. The van der Waals surface area contributed by atoms with Crippen molar-refractivity contribution in [3.8, 4) is 5.75 Å². The molecule has 0 bridgehead atoms. The monoisotopic (exact) mass is 277 g/mol. The molecule has 0 aliphatic heterocycles. The van der Waals surface area contributed by atoms with Crippen LogP contribution in [0.2, 0.25) is 0 Å². The molecule has 0 unspecified atom stereocenters. The number of para-hydroxylation sites is 2. The fourth-order valence-corrected chi connectivity index (χ4v) is 1.91. The number of hydrogen-bond acceptors (Lipinski definition) is 2. The molecule has 0 saturated carbocycles. The molecular weight excluding hydrogens is 266 g/mol. The van der Waals surface area contributed by atoms with E-state index in [0.29, 0.717) is 6.54 Å². The van der Waals surface area contributed by atoms with Gasteiger partial charge in [-0.05, 0) is 29.8 Å². The molecule has 0 aliphatic carbocycles. The van der Waals surface area contributed by atoms with Gasteiger partial charge in [0, 0.05) is 11.0 Å². The van der Waals surface area contributed by atoms with E-state index in [9.17, 15) is 5.11 Å². The van der Waals surface area contributed by atoms with Crippen molar-refractivity contribution in [3.05, 3.63) is 58.6 Å². The Balaban J connectivity index is 2.05. The van der Waals surface area contributed by atoms with E-state index in [-0.39, 0.29) is 5.75 Å². The van der Waals surface area contributed by atoms with E-state index in [2.05, 4.69) is 21.2 Å². The van der Waals surface area contributed by atoms with E-state index in [1.165, 1.54) is 0 Å². The molecule has 0 heterocycles. The minimum absolute atomic E-state index is 0.275. The second kappa shape index (κ2) is 5.03. The molecule has 2 aromatic rings. The molecule has 0 atom stereocenters. The molecule has 3 heteroatoms. The zero-order valence-corrected chi connectivity index (χ0v) is 10.2. The van der Waals surface area contributed by atoms with Crippen molar-refractivity contribution < 1.29 is 5.11 Å². The Morgan fingerprint density at radius 1 is 1.06 bits per heavy atom. The lowest BCUT2D eigenvalue weighted by Crippen LogP contribution is -1.99. The molecule has 2 nitrogen and oxygen atoms in total. The Labute approximate surface area is 103 Å². The van der Waals surface area contributed by atoms with Gasteiger partial charge in [0.25, 0.3) is 0 Å². The van der Waals surface area contributed by atoms with Crippen molar-refractivity contribution >= 4 is 21.6 Å². The van der Waals surface area contributed by atoms with Crippen molar-refractivity contribution in [1.82, 2.24) is 0 Å². The number of hydrogen-bond donors (Lipinski definition) is 2. The maximum atomic E-state index is 9.57. The van der Waals surface area contributed by atoms with Crippen LogP contribution in [-0.2, 0) is 6.54 Å². The molecule has 2 N–H and O–H groups in total. The Morgan fingerprint density at radius 2 is 1.88 bits per heavy atom. The van der Waals surface area contributed by atoms with Gasteiger partial charge in [-0.15, -0.1) is 0 Å². The third kappa shape index (κ3) is 2.76. The molecule has 0 fully saturated rings. The molecule has 0 aliphatic rings. The molecule has 2 aromatic carbocycles. The minimum Gasteiger partial charge on any atom is -0.506 e. The van der Waals surface area contributed by atoms with Crippen molar-refractivity contribution in [2.45, 2.75) is 6.54 Å². The zero-order chi connectivity index (χ0) is 11.4. The lowest BCUT2D eigenvalue weighted by molar-refractivity contribution is 0.477. The van der Waals surface area contributed by atoms with Crippen molar-refractivity contribution in [2.75, 3.05) is 5.32 Å². The predicted molar refractivity (Wildman–Crippen MR) is 69.6 cm³/mol. The highest BCUT2D eigenvalue weighted by atomic mass is 79.9.